The number of hydrogen-bond acceptors (Lipinski definition) is 2. The Kier molecular flexibility index (Phi) is 7.11. The van der Waals surface area contributed by atoms with E-state index in [1.807, 2.05) is 18.2 Å². The van der Waals surface area contributed by atoms with E-state index < -0.39 is 0 Å². The molecule has 0 atom stereocenters. The van der Waals surface area contributed by atoms with Crippen LogP contribution in [0.3, 0.4) is 0 Å². The number of benzene rings is 2. The van der Waals surface area contributed by atoms with E-state index >= 15 is 0 Å². The molecule has 2 aromatic carbocycles. The van der Waals surface area contributed by atoms with Gasteiger partial charge in [0.25, 0.3) is 0 Å². The van der Waals surface area contributed by atoms with Gasteiger partial charge in [-0.1, -0.05) is 58.0 Å². The average molecular weight is 370 g/mol. The van der Waals surface area contributed by atoms with Crippen molar-refractivity contribution < 1.29 is 14.0 Å². The molecule has 2 rings (SSSR count). The van der Waals surface area contributed by atoms with Crippen LogP contribution in [-0.4, -0.2) is 11.8 Å². The first-order valence-electron chi connectivity index (χ1n) is 9.21. The van der Waals surface area contributed by atoms with Gasteiger partial charge in [0.15, 0.2) is 0 Å². The zero-order chi connectivity index (χ0) is 20.0. The number of halogens is 1. The maximum atomic E-state index is 12.9. The molecule has 0 aliphatic rings. The first kappa shape index (κ1) is 20.6. The highest BCUT2D eigenvalue weighted by molar-refractivity contribution is 6.04. The molecule has 0 saturated heterocycles. The topological polar surface area (TPSA) is 58.2 Å². The third-order valence-electron chi connectivity index (χ3n) is 4.36. The Hall–Kier alpha value is -2.69. The van der Waals surface area contributed by atoms with E-state index in [0.29, 0.717) is 0 Å². The summed E-state index contributed by atoms with van der Waals surface area (Å²) in [7, 11) is 0. The molecule has 0 heterocycles. The molecular formula is C22H27FN2O2. The van der Waals surface area contributed by atoms with E-state index in [2.05, 4.69) is 38.3 Å². The summed E-state index contributed by atoms with van der Waals surface area (Å²) in [6.45, 7) is 8.55. The minimum Gasteiger partial charge on any atom is -0.352 e. The van der Waals surface area contributed by atoms with Crippen LogP contribution in [0.2, 0.25) is 0 Å². The number of nitrogens with one attached hydrogen (secondary N) is 2. The number of hydrogen-bond donors (Lipinski definition) is 2. The van der Waals surface area contributed by atoms with Crippen LogP contribution in [0.4, 0.5) is 10.1 Å². The summed E-state index contributed by atoms with van der Waals surface area (Å²) in [4.78, 5) is 24.5. The maximum absolute atomic E-state index is 12.9. The molecule has 2 N–H and O–H groups in total. The molecule has 0 aliphatic carbocycles. The fourth-order valence-electron chi connectivity index (χ4n) is 2.89. The first-order valence-corrected chi connectivity index (χ1v) is 9.21. The number of anilines is 1. The standard InChI is InChI=1S/C22H27FN2O2/c1-14(2)18-6-5-7-19(15(3)4)22(18)25-21(27)12-20(26)24-13-16-8-10-17(23)11-9-16/h5-11,14-15H,12-13H2,1-4H3,(H,24,26)(H,25,27). The molecule has 2 aromatic rings. The second-order valence-corrected chi connectivity index (χ2v) is 7.25. The maximum Gasteiger partial charge on any atom is 0.233 e. The molecule has 0 aromatic heterocycles. The van der Waals surface area contributed by atoms with E-state index in [-0.39, 0.29) is 42.4 Å². The van der Waals surface area contributed by atoms with E-state index in [1.165, 1.54) is 12.1 Å². The number of carbonyl (C=O) groups is 2. The van der Waals surface area contributed by atoms with Crippen LogP contribution in [0.5, 0.6) is 0 Å². The summed E-state index contributed by atoms with van der Waals surface area (Å²) in [5.74, 6) is -0.529. The van der Waals surface area contributed by atoms with Crippen molar-refractivity contribution in [2.75, 3.05) is 5.32 Å². The Balaban J connectivity index is 2.00. The van der Waals surface area contributed by atoms with Crippen LogP contribution in [0.25, 0.3) is 0 Å². The van der Waals surface area contributed by atoms with Crippen LogP contribution < -0.4 is 10.6 Å². The van der Waals surface area contributed by atoms with E-state index in [1.54, 1.807) is 12.1 Å². The lowest BCUT2D eigenvalue weighted by atomic mass is 9.92. The second-order valence-electron chi connectivity index (χ2n) is 7.25. The van der Waals surface area contributed by atoms with Gasteiger partial charge in [-0.05, 0) is 40.7 Å². The second kappa shape index (κ2) is 9.31. The van der Waals surface area contributed by atoms with Gasteiger partial charge in [-0.3, -0.25) is 9.59 Å². The zero-order valence-corrected chi connectivity index (χ0v) is 16.3. The molecule has 2 amide bonds. The van der Waals surface area contributed by atoms with Gasteiger partial charge in [0, 0.05) is 12.2 Å². The summed E-state index contributed by atoms with van der Waals surface area (Å²) in [5, 5.41) is 5.62. The molecule has 0 unspecified atom stereocenters. The third-order valence-corrected chi connectivity index (χ3v) is 4.36. The Labute approximate surface area is 160 Å². The predicted octanol–water partition coefficient (Wildman–Crippen LogP) is 4.72. The first-order chi connectivity index (χ1) is 12.8. The Morgan fingerprint density at radius 3 is 1.96 bits per heavy atom. The predicted molar refractivity (Wildman–Crippen MR) is 106 cm³/mol. The number of rotatable bonds is 7. The van der Waals surface area contributed by atoms with Gasteiger partial charge < -0.3 is 10.6 Å². The SMILES string of the molecule is CC(C)c1cccc(C(C)C)c1NC(=O)CC(=O)NCc1ccc(F)cc1. The van der Waals surface area contributed by atoms with Gasteiger partial charge in [-0.2, -0.15) is 0 Å². The fraction of sp³-hybridized carbons (Fsp3) is 0.364. The quantitative estimate of drug-likeness (QED) is 0.693. The van der Waals surface area contributed by atoms with Crippen LogP contribution in [0.1, 0.15) is 62.6 Å². The van der Waals surface area contributed by atoms with Gasteiger partial charge in [-0.25, -0.2) is 4.39 Å². The van der Waals surface area contributed by atoms with Crippen molar-refractivity contribution in [2.24, 2.45) is 0 Å². The minimum atomic E-state index is -0.370. The molecule has 0 aliphatic heterocycles. The average Bonchev–Trinajstić information content (AvgIpc) is 2.60. The molecule has 144 valence electrons. The summed E-state index contributed by atoms with van der Waals surface area (Å²) in [5.41, 5.74) is 3.69. The van der Waals surface area contributed by atoms with Gasteiger partial charge >= 0.3 is 0 Å². The largest absolute Gasteiger partial charge is 0.352 e. The smallest absolute Gasteiger partial charge is 0.233 e. The van der Waals surface area contributed by atoms with Gasteiger partial charge in [0.05, 0.1) is 0 Å². The summed E-state index contributed by atoms with van der Waals surface area (Å²) in [6.07, 6.45) is -0.259. The molecule has 4 nitrogen and oxygen atoms in total. The molecule has 0 saturated carbocycles. The summed E-state index contributed by atoms with van der Waals surface area (Å²) in [6, 6.07) is 11.9. The molecule has 0 bridgehead atoms. The lowest BCUT2D eigenvalue weighted by Gasteiger charge is -2.20. The molecule has 27 heavy (non-hydrogen) atoms. The number of carbonyl (C=O) groups excluding carboxylic acids is 2. The van der Waals surface area contributed by atoms with Crippen molar-refractivity contribution >= 4 is 17.5 Å². The highest BCUT2D eigenvalue weighted by atomic mass is 19.1. The van der Waals surface area contributed by atoms with Gasteiger partial charge in [0.2, 0.25) is 11.8 Å². The molecule has 5 heteroatoms. The zero-order valence-electron chi connectivity index (χ0n) is 16.3. The lowest BCUT2D eigenvalue weighted by Crippen LogP contribution is -2.28. The summed E-state index contributed by atoms with van der Waals surface area (Å²) < 4.78 is 12.9. The van der Waals surface area contributed by atoms with Crippen molar-refractivity contribution in [1.82, 2.24) is 5.32 Å². The van der Waals surface area contributed by atoms with Crippen LogP contribution in [-0.2, 0) is 16.1 Å². The van der Waals surface area contributed by atoms with E-state index in [4.69, 9.17) is 0 Å². The van der Waals surface area contributed by atoms with E-state index in [9.17, 15) is 14.0 Å². The van der Waals surface area contributed by atoms with Crippen molar-refractivity contribution in [1.29, 1.82) is 0 Å². The highest BCUT2D eigenvalue weighted by Crippen LogP contribution is 2.32. The number of para-hydroxylation sites is 1. The fourth-order valence-corrected chi connectivity index (χ4v) is 2.89. The Morgan fingerprint density at radius 2 is 1.44 bits per heavy atom. The monoisotopic (exact) mass is 370 g/mol. The van der Waals surface area contributed by atoms with Crippen LogP contribution in [0.15, 0.2) is 42.5 Å². The van der Waals surface area contributed by atoms with Crippen LogP contribution >= 0.6 is 0 Å². The Morgan fingerprint density at radius 1 is 0.889 bits per heavy atom. The molecular weight excluding hydrogens is 343 g/mol. The van der Waals surface area contributed by atoms with Gasteiger partial charge in [0.1, 0.15) is 12.2 Å². The van der Waals surface area contributed by atoms with Crippen LogP contribution in [0, 0.1) is 5.82 Å². The molecule has 0 spiro atoms. The molecule has 0 fully saturated rings. The van der Waals surface area contributed by atoms with Crippen molar-refractivity contribution in [2.45, 2.75) is 52.5 Å². The number of amides is 2. The lowest BCUT2D eigenvalue weighted by molar-refractivity contribution is -0.126. The minimum absolute atomic E-state index is 0.256. The third kappa shape index (κ3) is 5.91. The Bertz CT molecular complexity index is 772. The van der Waals surface area contributed by atoms with Gasteiger partial charge in [-0.15, -0.1) is 0 Å². The molecule has 0 radical (unpaired) electrons. The highest BCUT2D eigenvalue weighted by Gasteiger charge is 2.17. The van der Waals surface area contributed by atoms with Crippen molar-refractivity contribution in [3.63, 3.8) is 0 Å². The van der Waals surface area contributed by atoms with Crippen molar-refractivity contribution in [3.05, 3.63) is 65.0 Å². The van der Waals surface area contributed by atoms with E-state index in [0.717, 1.165) is 22.4 Å². The van der Waals surface area contributed by atoms with Crippen molar-refractivity contribution in [3.8, 4) is 0 Å². The normalized spacial score (nSPS) is 10.9. The summed E-state index contributed by atoms with van der Waals surface area (Å²) >= 11 is 0.